The maximum absolute atomic E-state index is 6.01. The van der Waals surface area contributed by atoms with Gasteiger partial charge in [-0.05, 0) is 43.5 Å². The third-order valence-electron chi connectivity index (χ3n) is 3.37. The van der Waals surface area contributed by atoms with Crippen LogP contribution in [0.1, 0.15) is 16.8 Å². The van der Waals surface area contributed by atoms with Crippen LogP contribution in [0.2, 0.25) is 0 Å². The van der Waals surface area contributed by atoms with Gasteiger partial charge in [-0.1, -0.05) is 23.8 Å². The molecule has 3 heteroatoms. The number of hydrogen-bond acceptors (Lipinski definition) is 3. The molecule has 3 aromatic rings. The Bertz CT molecular complexity index is 772. The molecule has 0 atom stereocenters. The van der Waals surface area contributed by atoms with Crippen molar-refractivity contribution >= 4 is 16.8 Å². The molecule has 0 spiro atoms. The third kappa shape index (κ3) is 1.87. The number of nitrogens with two attached hydrogens (primary N) is 1. The number of nitrogen functional groups attached to an aromatic ring is 1. The summed E-state index contributed by atoms with van der Waals surface area (Å²) in [6.45, 7) is 6.17. The van der Waals surface area contributed by atoms with E-state index in [-0.39, 0.29) is 0 Å². The van der Waals surface area contributed by atoms with Gasteiger partial charge in [0.25, 0.3) is 0 Å². The molecule has 0 radical (unpaired) electrons. The van der Waals surface area contributed by atoms with E-state index in [1.807, 2.05) is 6.92 Å². The first-order valence-electron chi connectivity index (χ1n) is 6.28. The SMILES string of the molecule is Cc1ccc(-c2cc(C)nc3occ(N)c23)c(C)c1. The highest BCUT2D eigenvalue weighted by atomic mass is 16.3. The van der Waals surface area contributed by atoms with E-state index in [0.717, 1.165) is 16.6 Å². The van der Waals surface area contributed by atoms with Crippen molar-refractivity contribution in [2.45, 2.75) is 20.8 Å². The van der Waals surface area contributed by atoms with E-state index in [1.54, 1.807) is 6.26 Å². The minimum atomic E-state index is 0.604. The minimum Gasteiger partial charge on any atom is -0.444 e. The van der Waals surface area contributed by atoms with E-state index in [4.69, 9.17) is 10.2 Å². The fourth-order valence-corrected chi connectivity index (χ4v) is 2.52. The van der Waals surface area contributed by atoms with Gasteiger partial charge in [-0.15, -0.1) is 0 Å². The van der Waals surface area contributed by atoms with Gasteiger partial charge in [0, 0.05) is 5.69 Å². The van der Waals surface area contributed by atoms with Crippen molar-refractivity contribution in [3.63, 3.8) is 0 Å². The lowest BCUT2D eigenvalue weighted by molar-refractivity contribution is 0.603. The Labute approximate surface area is 112 Å². The van der Waals surface area contributed by atoms with Gasteiger partial charge in [0.1, 0.15) is 6.26 Å². The number of anilines is 1. The minimum absolute atomic E-state index is 0.604. The summed E-state index contributed by atoms with van der Waals surface area (Å²) in [6, 6.07) is 8.48. The Morgan fingerprint density at radius 2 is 1.84 bits per heavy atom. The molecule has 0 fully saturated rings. The number of hydrogen-bond donors (Lipinski definition) is 1. The number of aryl methyl sites for hydroxylation is 3. The van der Waals surface area contributed by atoms with Crippen LogP contribution in [0.25, 0.3) is 22.2 Å². The number of nitrogens with zero attached hydrogens (tertiary/aromatic N) is 1. The number of benzene rings is 1. The molecule has 0 aliphatic carbocycles. The van der Waals surface area contributed by atoms with Crippen LogP contribution in [0.5, 0.6) is 0 Å². The summed E-state index contributed by atoms with van der Waals surface area (Å²) >= 11 is 0. The number of pyridine rings is 1. The van der Waals surface area contributed by atoms with E-state index >= 15 is 0 Å². The topological polar surface area (TPSA) is 52.0 Å². The summed E-state index contributed by atoms with van der Waals surface area (Å²) < 4.78 is 5.42. The van der Waals surface area contributed by atoms with Gasteiger partial charge in [0.2, 0.25) is 5.71 Å². The molecule has 2 aromatic heterocycles. The average Bonchev–Trinajstić information content (AvgIpc) is 2.70. The van der Waals surface area contributed by atoms with Gasteiger partial charge in [0.05, 0.1) is 11.1 Å². The van der Waals surface area contributed by atoms with Crippen molar-refractivity contribution in [3.05, 3.63) is 47.3 Å². The zero-order valence-electron chi connectivity index (χ0n) is 11.3. The monoisotopic (exact) mass is 252 g/mol. The van der Waals surface area contributed by atoms with Gasteiger partial charge in [-0.2, -0.15) is 0 Å². The van der Waals surface area contributed by atoms with Crippen molar-refractivity contribution < 1.29 is 4.42 Å². The lowest BCUT2D eigenvalue weighted by atomic mass is 9.96. The van der Waals surface area contributed by atoms with Crippen LogP contribution in [0.4, 0.5) is 5.69 Å². The molecule has 0 saturated carbocycles. The summed E-state index contributed by atoms with van der Waals surface area (Å²) in [5, 5.41) is 0.901. The first-order chi connectivity index (χ1) is 9.06. The highest BCUT2D eigenvalue weighted by Gasteiger charge is 2.14. The Morgan fingerprint density at radius 3 is 2.58 bits per heavy atom. The molecule has 0 aliphatic heterocycles. The van der Waals surface area contributed by atoms with Crippen LogP contribution in [-0.2, 0) is 0 Å². The normalized spacial score (nSPS) is 11.1. The van der Waals surface area contributed by atoms with Gasteiger partial charge in [-0.25, -0.2) is 4.98 Å². The predicted octanol–water partition coefficient (Wildman–Crippen LogP) is 4.00. The smallest absolute Gasteiger partial charge is 0.228 e. The zero-order valence-corrected chi connectivity index (χ0v) is 11.3. The summed E-state index contributed by atoms with van der Waals surface area (Å²) in [4.78, 5) is 4.38. The molecular formula is C16H16N2O. The highest BCUT2D eigenvalue weighted by molar-refractivity contribution is 6.01. The van der Waals surface area contributed by atoms with Crippen molar-refractivity contribution in [1.29, 1.82) is 0 Å². The Balaban J connectivity index is 2.38. The molecule has 0 saturated heterocycles. The van der Waals surface area contributed by atoms with Crippen LogP contribution >= 0.6 is 0 Å². The molecule has 1 aromatic carbocycles. The number of aromatic nitrogens is 1. The van der Waals surface area contributed by atoms with Crippen molar-refractivity contribution in [1.82, 2.24) is 4.98 Å². The molecule has 3 nitrogen and oxygen atoms in total. The molecule has 0 amide bonds. The molecule has 2 N–H and O–H groups in total. The Hall–Kier alpha value is -2.29. The number of rotatable bonds is 1. The van der Waals surface area contributed by atoms with Crippen molar-refractivity contribution in [2.24, 2.45) is 0 Å². The molecule has 0 unspecified atom stereocenters. The molecule has 19 heavy (non-hydrogen) atoms. The van der Waals surface area contributed by atoms with Crippen LogP contribution in [0.3, 0.4) is 0 Å². The second kappa shape index (κ2) is 4.12. The van der Waals surface area contributed by atoms with E-state index in [2.05, 4.69) is 43.1 Å². The molecule has 0 aliphatic rings. The van der Waals surface area contributed by atoms with Gasteiger partial charge in [-0.3, -0.25) is 0 Å². The molecular weight excluding hydrogens is 236 g/mol. The van der Waals surface area contributed by atoms with Gasteiger partial charge in [0.15, 0.2) is 0 Å². The van der Waals surface area contributed by atoms with Gasteiger partial charge < -0.3 is 10.2 Å². The van der Waals surface area contributed by atoms with E-state index in [1.165, 1.54) is 16.7 Å². The van der Waals surface area contributed by atoms with E-state index < -0.39 is 0 Å². The average molecular weight is 252 g/mol. The summed E-state index contributed by atoms with van der Waals surface area (Å²) in [5.41, 5.74) is 12.9. The maximum Gasteiger partial charge on any atom is 0.228 e. The maximum atomic E-state index is 6.01. The Kier molecular flexibility index (Phi) is 2.56. The number of fused-ring (bicyclic) bond motifs is 1. The highest BCUT2D eigenvalue weighted by Crippen LogP contribution is 2.35. The fraction of sp³-hybridized carbons (Fsp3) is 0.188. The summed E-state index contributed by atoms with van der Waals surface area (Å²) in [7, 11) is 0. The van der Waals surface area contributed by atoms with Crippen LogP contribution in [-0.4, -0.2) is 4.98 Å². The Morgan fingerprint density at radius 1 is 1.05 bits per heavy atom. The largest absolute Gasteiger partial charge is 0.444 e. The lowest BCUT2D eigenvalue weighted by Crippen LogP contribution is -1.91. The van der Waals surface area contributed by atoms with E-state index in [0.29, 0.717) is 11.4 Å². The van der Waals surface area contributed by atoms with Crippen LogP contribution < -0.4 is 5.73 Å². The van der Waals surface area contributed by atoms with Crippen LogP contribution in [0, 0.1) is 20.8 Å². The van der Waals surface area contributed by atoms with E-state index in [9.17, 15) is 0 Å². The second-order valence-corrected chi connectivity index (χ2v) is 5.00. The van der Waals surface area contributed by atoms with Crippen molar-refractivity contribution in [3.8, 4) is 11.1 Å². The quantitative estimate of drug-likeness (QED) is 0.712. The number of furan rings is 1. The molecule has 3 rings (SSSR count). The second-order valence-electron chi connectivity index (χ2n) is 5.00. The molecule has 96 valence electrons. The molecule has 2 heterocycles. The lowest BCUT2D eigenvalue weighted by Gasteiger charge is -2.09. The molecule has 0 bridgehead atoms. The first-order valence-corrected chi connectivity index (χ1v) is 6.28. The summed E-state index contributed by atoms with van der Waals surface area (Å²) in [6.07, 6.45) is 1.56. The fourth-order valence-electron chi connectivity index (χ4n) is 2.52. The van der Waals surface area contributed by atoms with Crippen molar-refractivity contribution in [2.75, 3.05) is 5.73 Å². The first kappa shape index (κ1) is 11.8. The van der Waals surface area contributed by atoms with Gasteiger partial charge >= 0.3 is 0 Å². The third-order valence-corrected chi connectivity index (χ3v) is 3.37. The van der Waals surface area contributed by atoms with Crippen LogP contribution in [0.15, 0.2) is 34.9 Å². The summed E-state index contributed by atoms with van der Waals surface area (Å²) in [5.74, 6) is 0. The zero-order chi connectivity index (χ0) is 13.6. The standard InChI is InChI=1S/C16H16N2O/c1-9-4-5-12(10(2)6-9)13-7-11(3)18-16-15(13)14(17)8-19-16/h4-8H,17H2,1-3H3. The predicted molar refractivity (Wildman–Crippen MR) is 78.1 cm³/mol.